The third-order valence-corrected chi connectivity index (χ3v) is 3.99. The van der Waals surface area contributed by atoms with Crippen molar-refractivity contribution in [1.29, 1.82) is 0 Å². The van der Waals surface area contributed by atoms with Crippen LogP contribution in [0.15, 0.2) is 58.7 Å². The van der Waals surface area contributed by atoms with Gasteiger partial charge in [-0.2, -0.15) is 18.3 Å². The van der Waals surface area contributed by atoms with E-state index in [1.165, 1.54) is 23.9 Å². The fraction of sp³-hybridized carbons (Fsp3) is 0.125. The second-order valence-corrected chi connectivity index (χ2v) is 6.12. The highest BCUT2D eigenvalue weighted by atomic mass is 35.5. The van der Waals surface area contributed by atoms with Crippen LogP contribution in [0.4, 0.5) is 13.2 Å². The Balaban J connectivity index is 2.05. The Kier molecular flexibility index (Phi) is 6.28. The minimum atomic E-state index is -4.52. The smallest absolute Gasteiger partial charge is 0.377 e. The van der Waals surface area contributed by atoms with Crippen LogP contribution in [0.2, 0.25) is 5.02 Å². The van der Waals surface area contributed by atoms with Gasteiger partial charge in [-0.15, -0.1) is 5.10 Å². The van der Waals surface area contributed by atoms with Crippen molar-refractivity contribution in [2.75, 3.05) is 0 Å². The lowest BCUT2D eigenvalue weighted by molar-refractivity contribution is -0.137. The van der Waals surface area contributed by atoms with Gasteiger partial charge in [-0.1, -0.05) is 59.8 Å². The Morgan fingerprint density at radius 2 is 1.88 bits per heavy atom. The molecular weight excluding hydrogens is 359 g/mol. The normalized spacial score (nSPS) is 12.8. The van der Waals surface area contributed by atoms with Crippen LogP contribution >= 0.6 is 23.4 Å². The van der Waals surface area contributed by atoms with Gasteiger partial charge in [0.2, 0.25) is 0 Å². The summed E-state index contributed by atoms with van der Waals surface area (Å²) in [6.45, 7) is 0. The highest BCUT2D eigenvalue weighted by Crippen LogP contribution is 2.33. The van der Waals surface area contributed by atoms with E-state index in [0.717, 1.165) is 17.8 Å². The van der Waals surface area contributed by atoms with Gasteiger partial charge in [0.15, 0.2) is 5.17 Å². The first-order valence-corrected chi connectivity index (χ1v) is 8.12. The van der Waals surface area contributed by atoms with Crippen LogP contribution in [-0.4, -0.2) is 11.4 Å². The minimum Gasteiger partial charge on any atom is -0.377 e. The number of hydrogen-bond acceptors (Lipinski definition) is 3. The van der Waals surface area contributed by atoms with Crippen LogP contribution in [0, 0.1) is 0 Å². The molecule has 2 N–H and O–H groups in total. The van der Waals surface area contributed by atoms with E-state index in [9.17, 15) is 13.2 Å². The largest absolute Gasteiger partial charge is 0.417 e. The molecule has 0 spiro atoms. The number of benzene rings is 2. The molecule has 0 saturated carbocycles. The van der Waals surface area contributed by atoms with E-state index in [0.29, 0.717) is 5.75 Å². The average Bonchev–Trinajstić information content (AvgIpc) is 2.54. The summed E-state index contributed by atoms with van der Waals surface area (Å²) >= 11 is 6.86. The second kappa shape index (κ2) is 8.21. The van der Waals surface area contributed by atoms with Gasteiger partial charge in [0.05, 0.1) is 11.8 Å². The molecule has 0 aromatic heterocycles. The predicted octanol–water partition coefficient (Wildman–Crippen LogP) is 4.94. The molecule has 3 nitrogen and oxygen atoms in total. The Morgan fingerprint density at radius 1 is 1.17 bits per heavy atom. The van der Waals surface area contributed by atoms with Crippen molar-refractivity contribution >= 4 is 34.7 Å². The zero-order chi connectivity index (χ0) is 17.6. The molecule has 0 aliphatic carbocycles. The molecule has 0 radical (unpaired) electrons. The predicted molar refractivity (Wildman–Crippen MR) is 93.4 cm³/mol. The van der Waals surface area contributed by atoms with E-state index < -0.39 is 11.7 Å². The van der Waals surface area contributed by atoms with E-state index in [1.54, 1.807) is 0 Å². The molecule has 0 atom stereocenters. The summed E-state index contributed by atoms with van der Waals surface area (Å²) in [5, 5.41) is 7.50. The third-order valence-electron chi connectivity index (χ3n) is 2.90. The molecule has 0 fully saturated rings. The summed E-state index contributed by atoms with van der Waals surface area (Å²) in [6.07, 6.45) is -3.52. The highest BCUT2D eigenvalue weighted by Gasteiger charge is 2.33. The fourth-order valence-electron chi connectivity index (χ4n) is 1.79. The minimum absolute atomic E-state index is 0.000840. The zero-order valence-corrected chi connectivity index (χ0v) is 13.9. The van der Waals surface area contributed by atoms with E-state index in [-0.39, 0.29) is 15.8 Å². The standard InChI is InChI=1S/C16H13ClF3N3S/c17-13-7-6-12(14(8-13)16(18,19)20)9-22-23-15(21)24-10-11-4-2-1-3-5-11/h1-9H,10H2,(H2,21,23). The molecule has 2 aromatic carbocycles. The maximum absolute atomic E-state index is 12.9. The van der Waals surface area contributed by atoms with Crippen LogP contribution in [0.3, 0.4) is 0 Å². The molecule has 0 saturated heterocycles. The summed E-state index contributed by atoms with van der Waals surface area (Å²) in [4.78, 5) is 0. The molecule has 24 heavy (non-hydrogen) atoms. The molecule has 0 bridgehead atoms. The first-order chi connectivity index (χ1) is 11.4. The molecule has 126 valence electrons. The van der Waals surface area contributed by atoms with E-state index in [1.807, 2.05) is 30.3 Å². The van der Waals surface area contributed by atoms with Crippen molar-refractivity contribution in [1.82, 2.24) is 0 Å². The summed E-state index contributed by atoms with van der Waals surface area (Å²) in [5.41, 5.74) is 5.75. The van der Waals surface area contributed by atoms with Crippen LogP contribution in [0.5, 0.6) is 0 Å². The summed E-state index contributed by atoms with van der Waals surface area (Å²) in [5.74, 6) is 0.598. The number of halogens is 4. The molecular formula is C16H13ClF3N3S. The summed E-state index contributed by atoms with van der Waals surface area (Å²) in [6, 6.07) is 13.0. The second-order valence-electron chi connectivity index (χ2n) is 4.69. The number of alkyl halides is 3. The van der Waals surface area contributed by atoms with Crippen molar-refractivity contribution in [3.8, 4) is 0 Å². The van der Waals surface area contributed by atoms with Crippen LogP contribution in [-0.2, 0) is 11.9 Å². The molecule has 0 aliphatic heterocycles. The lowest BCUT2D eigenvalue weighted by Gasteiger charge is -2.09. The van der Waals surface area contributed by atoms with Gasteiger partial charge in [-0.25, -0.2) is 0 Å². The van der Waals surface area contributed by atoms with Gasteiger partial charge in [0, 0.05) is 16.3 Å². The lowest BCUT2D eigenvalue weighted by atomic mass is 10.1. The zero-order valence-electron chi connectivity index (χ0n) is 12.3. The van der Waals surface area contributed by atoms with Crippen molar-refractivity contribution in [3.05, 3.63) is 70.2 Å². The molecule has 2 aromatic rings. The molecule has 8 heteroatoms. The molecule has 2 rings (SSSR count). The van der Waals surface area contributed by atoms with Gasteiger partial charge in [0.25, 0.3) is 0 Å². The Morgan fingerprint density at radius 3 is 2.54 bits per heavy atom. The SMILES string of the molecule is NC(=NN=Cc1ccc(Cl)cc1C(F)(F)F)SCc1ccccc1. The van der Waals surface area contributed by atoms with Crippen LogP contribution in [0.25, 0.3) is 0 Å². The van der Waals surface area contributed by atoms with Gasteiger partial charge in [0.1, 0.15) is 0 Å². The van der Waals surface area contributed by atoms with Crippen LogP contribution < -0.4 is 5.73 Å². The van der Waals surface area contributed by atoms with Crippen molar-refractivity contribution < 1.29 is 13.2 Å². The molecule has 0 aliphatic rings. The lowest BCUT2D eigenvalue weighted by Crippen LogP contribution is -2.09. The Labute approximate surface area is 146 Å². The first kappa shape index (κ1) is 18.4. The first-order valence-electron chi connectivity index (χ1n) is 6.76. The summed E-state index contributed by atoms with van der Waals surface area (Å²) in [7, 11) is 0. The van der Waals surface area contributed by atoms with Gasteiger partial charge in [-0.3, -0.25) is 0 Å². The van der Waals surface area contributed by atoms with Gasteiger partial charge < -0.3 is 5.73 Å². The number of nitrogens with zero attached hydrogens (tertiary/aromatic N) is 2. The molecule has 0 amide bonds. The maximum atomic E-state index is 12.9. The van der Waals surface area contributed by atoms with E-state index in [4.69, 9.17) is 17.3 Å². The molecule has 0 heterocycles. The number of rotatable bonds is 4. The topological polar surface area (TPSA) is 50.7 Å². The quantitative estimate of drug-likeness (QED) is 0.470. The molecule has 0 unspecified atom stereocenters. The van der Waals surface area contributed by atoms with Crippen molar-refractivity contribution in [2.24, 2.45) is 15.9 Å². The summed E-state index contributed by atoms with van der Waals surface area (Å²) < 4.78 is 38.8. The fourth-order valence-corrected chi connectivity index (χ4v) is 2.58. The van der Waals surface area contributed by atoms with E-state index >= 15 is 0 Å². The van der Waals surface area contributed by atoms with Gasteiger partial charge in [-0.05, 0) is 17.7 Å². The van der Waals surface area contributed by atoms with Crippen molar-refractivity contribution in [2.45, 2.75) is 11.9 Å². The van der Waals surface area contributed by atoms with Crippen molar-refractivity contribution in [3.63, 3.8) is 0 Å². The third kappa shape index (κ3) is 5.58. The maximum Gasteiger partial charge on any atom is 0.417 e. The number of nitrogens with two attached hydrogens (primary N) is 1. The number of thioether (sulfide) groups is 1. The Hall–Kier alpha value is -1.99. The average molecular weight is 372 g/mol. The monoisotopic (exact) mass is 371 g/mol. The van der Waals surface area contributed by atoms with E-state index in [2.05, 4.69) is 10.2 Å². The number of hydrogen-bond donors (Lipinski definition) is 1. The highest BCUT2D eigenvalue weighted by molar-refractivity contribution is 8.13. The number of amidine groups is 1. The Bertz CT molecular complexity index is 746. The van der Waals surface area contributed by atoms with Crippen LogP contribution in [0.1, 0.15) is 16.7 Å². The van der Waals surface area contributed by atoms with Gasteiger partial charge >= 0.3 is 6.18 Å².